The van der Waals surface area contributed by atoms with E-state index in [0.29, 0.717) is 6.04 Å². The maximum Gasteiger partial charge on any atom is 0.0372 e. The Bertz CT molecular complexity index is 572. The fourth-order valence-electron chi connectivity index (χ4n) is 2.87. The van der Waals surface area contributed by atoms with Crippen molar-refractivity contribution < 1.29 is 0 Å². The zero-order chi connectivity index (χ0) is 15.2. The largest absolute Gasteiger partial charge is 0.310 e. The number of thioether (sulfide) groups is 1. The van der Waals surface area contributed by atoms with E-state index in [-0.39, 0.29) is 0 Å². The molecule has 0 amide bonds. The van der Waals surface area contributed by atoms with Gasteiger partial charge in [-0.2, -0.15) is 0 Å². The molecule has 0 fully saturated rings. The van der Waals surface area contributed by atoms with Crippen LogP contribution in [0.5, 0.6) is 0 Å². The van der Waals surface area contributed by atoms with Crippen LogP contribution in [-0.2, 0) is 6.42 Å². The highest BCUT2D eigenvalue weighted by molar-refractivity contribution is 7.98. The Morgan fingerprint density at radius 1 is 1.00 bits per heavy atom. The molecule has 2 aromatic rings. The van der Waals surface area contributed by atoms with Gasteiger partial charge in [-0.3, -0.25) is 0 Å². The van der Waals surface area contributed by atoms with Crippen LogP contribution < -0.4 is 5.32 Å². The van der Waals surface area contributed by atoms with Crippen LogP contribution in [0.25, 0.3) is 0 Å². The van der Waals surface area contributed by atoms with E-state index in [1.54, 1.807) is 0 Å². The van der Waals surface area contributed by atoms with E-state index >= 15 is 0 Å². The van der Waals surface area contributed by atoms with Gasteiger partial charge in [0.1, 0.15) is 0 Å². The van der Waals surface area contributed by atoms with Crippen LogP contribution in [0.4, 0.5) is 0 Å². The number of nitrogens with one attached hydrogen (secondary N) is 1. The van der Waals surface area contributed by atoms with Crippen molar-refractivity contribution in [1.29, 1.82) is 0 Å². The summed E-state index contributed by atoms with van der Waals surface area (Å²) in [5, 5.41) is 3.66. The highest BCUT2D eigenvalue weighted by Gasteiger charge is 2.16. The molecule has 21 heavy (non-hydrogen) atoms. The Morgan fingerprint density at radius 3 is 2.29 bits per heavy atom. The predicted molar refractivity (Wildman–Crippen MR) is 94.3 cm³/mol. The molecule has 2 rings (SSSR count). The monoisotopic (exact) mass is 299 g/mol. The molecule has 0 radical (unpaired) electrons. The van der Waals surface area contributed by atoms with Crippen LogP contribution in [0.15, 0.2) is 47.4 Å². The molecule has 2 heteroatoms. The topological polar surface area (TPSA) is 12.0 Å². The smallest absolute Gasteiger partial charge is 0.0372 e. The van der Waals surface area contributed by atoms with E-state index in [1.165, 1.54) is 27.1 Å². The van der Waals surface area contributed by atoms with Crippen LogP contribution in [0.2, 0.25) is 0 Å². The molecule has 1 unspecified atom stereocenters. The molecule has 0 saturated heterocycles. The minimum atomic E-state index is 0.374. The van der Waals surface area contributed by atoms with Crippen LogP contribution in [-0.4, -0.2) is 12.8 Å². The quantitative estimate of drug-likeness (QED) is 0.760. The van der Waals surface area contributed by atoms with Crippen molar-refractivity contribution in [3.8, 4) is 0 Å². The molecule has 0 bridgehead atoms. The normalized spacial score (nSPS) is 12.4. The van der Waals surface area contributed by atoms with Crippen LogP contribution in [0.3, 0.4) is 0 Å². The van der Waals surface area contributed by atoms with Crippen LogP contribution in [0, 0.1) is 13.8 Å². The van der Waals surface area contributed by atoms with Gasteiger partial charge in [-0.15, -0.1) is 11.8 Å². The molecular weight excluding hydrogens is 274 g/mol. The lowest BCUT2D eigenvalue weighted by Crippen LogP contribution is -2.24. The Balaban J connectivity index is 2.35. The molecular formula is C19H25NS. The SMILES string of the molecule is CCNC(Cc1c(C)cccc1C)c1ccccc1SC. The first kappa shape index (κ1) is 16.1. The summed E-state index contributed by atoms with van der Waals surface area (Å²) in [6.45, 7) is 7.59. The summed E-state index contributed by atoms with van der Waals surface area (Å²) in [7, 11) is 0. The fourth-order valence-corrected chi connectivity index (χ4v) is 3.53. The summed E-state index contributed by atoms with van der Waals surface area (Å²) in [5.74, 6) is 0. The van der Waals surface area contributed by atoms with Gasteiger partial charge in [0.2, 0.25) is 0 Å². The molecule has 1 N–H and O–H groups in total. The maximum atomic E-state index is 3.66. The molecule has 1 nitrogen and oxygen atoms in total. The van der Waals surface area contributed by atoms with E-state index in [0.717, 1.165) is 13.0 Å². The van der Waals surface area contributed by atoms with Crippen molar-refractivity contribution in [1.82, 2.24) is 5.32 Å². The average molecular weight is 299 g/mol. The van der Waals surface area contributed by atoms with Gasteiger partial charge >= 0.3 is 0 Å². The molecule has 1 atom stereocenters. The van der Waals surface area contributed by atoms with Crippen molar-refractivity contribution in [2.75, 3.05) is 12.8 Å². The maximum absolute atomic E-state index is 3.66. The molecule has 0 spiro atoms. The van der Waals surface area contributed by atoms with Gasteiger partial charge in [0, 0.05) is 10.9 Å². The van der Waals surface area contributed by atoms with Crippen molar-refractivity contribution in [3.05, 3.63) is 64.7 Å². The summed E-state index contributed by atoms with van der Waals surface area (Å²) in [6.07, 6.45) is 3.20. The van der Waals surface area contributed by atoms with Crippen molar-refractivity contribution in [2.45, 2.75) is 38.1 Å². The lowest BCUT2D eigenvalue weighted by Gasteiger charge is -2.23. The summed E-state index contributed by atoms with van der Waals surface area (Å²) in [6, 6.07) is 15.7. The minimum absolute atomic E-state index is 0.374. The van der Waals surface area contributed by atoms with Gasteiger partial charge < -0.3 is 5.32 Å². The van der Waals surface area contributed by atoms with E-state index in [9.17, 15) is 0 Å². The zero-order valence-electron chi connectivity index (χ0n) is 13.4. The average Bonchev–Trinajstić information content (AvgIpc) is 2.50. The first-order valence-corrected chi connectivity index (χ1v) is 8.81. The van der Waals surface area contributed by atoms with Gasteiger partial charge in [0.15, 0.2) is 0 Å². The van der Waals surface area contributed by atoms with Crippen molar-refractivity contribution in [3.63, 3.8) is 0 Å². The van der Waals surface area contributed by atoms with Crippen LogP contribution >= 0.6 is 11.8 Å². The van der Waals surface area contributed by atoms with Gasteiger partial charge in [0.25, 0.3) is 0 Å². The van der Waals surface area contributed by atoms with Crippen molar-refractivity contribution >= 4 is 11.8 Å². The third-order valence-electron chi connectivity index (χ3n) is 4.02. The summed E-state index contributed by atoms with van der Waals surface area (Å²) < 4.78 is 0. The Kier molecular flexibility index (Phi) is 5.89. The highest BCUT2D eigenvalue weighted by atomic mass is 32.2. The highest BCUT2D eigenvalue weighted by Crippen LogP contribution is 2.29. The van der Waals surface area contributed by atoms with Crippen LogP contribution in [0.1, 0.15) is 35.2 Å². The van der Waals surface area contributed by atoms with E-state index < -0.39 is 0 Å². The standard InChI is InChI=1S/C19H25NS/c1-5-20-18(16-11-6-7-12-19(16)21-4)13-17-14(2)9-8-10-15(17)3/h6-12,18,20H,5,13H2,1-4H3. The number of hydrogen-bond acceptors (Lipinski definition) is 2. The number of rotatable bonds is 6. The lowest BCUT2D eigenvalue weighted by atomic mass is 9.93. The molecule has 0 aliphatic heterocycles. The molecule has 0 aliphatic carbocycles. The predicted octanol–water partition coefficient (Wildman–Crippen LogP) is 4.92. The van der Waals surface area contributed by atoms with Gasteiger partial charge in [-0.25, -0.2) is 0 Å². The van der Waals surface area contributed by atoms with E-state index in [4.69, 9.17) is 0 Å². The first-order valence-electron chi connectivity index (χ1n) is 7.58. The Hall–Kier alpha value is -1.25. The number of aryl methyl sites for hydroxylation is 2. The molecule has 0 aliphatic rings. The summed E-state index contributed by atoms with van der Waals surface area (Å²) in [4.78, 5) is 1.37. The number of likely N-dealkylation sites (N-methyl/N-ethyl adjacent to an activating group) is 1. The first-order chi connectivity index (χ1) is 10.2. The second-order valence-corrected chi connectivity index (χ2v) is 6.27. The second-order valence-electron chi connectivity index (χ2n) is 5.43. The summed E-state index contributed by atoms with van der Waals surface area (Å²) in [5.41, 5.74) is 5.66. The molecule has 0 aromatic heterocycles. The molecule has 112 valence electrons. The molecule has 0 heterocycles. The fraction of sp³-hybridized carbons (Fsp3) is 0.368. The van der Waals surface area contributed by atoms with E-state index in [2.05, 4.69) is 74.8 Å². The lowest BCUT2D eigenvalue weighted by molar-refractivity contribution is 0.540. The van der Waals surface area contributed by atoms with Gasteiger partial charge in [0.05, 0.1) is 0 Å². The molecule has 2 aromatic carbocycles. The summed E-state index contributed by atoms with van der Waals surface area (Å²) >= 11 is 1.83. The second kappa shape index (κ2) is 7.67. The third-order valence-corrected chi connectivity index (χ3v) is 4.83. The van der Waals surface area contributed by atoms with Crippen molar-refractivity contribution in [2.24, 2.45) is 0 Å². The molecule has 0 saturated carbocycles. The van der Waals surface area contributed by atoms with Gasteiger partial charge in [-0.1, -0.05) is 43.3 Å². The third kappa shape index (κ3) is 3.90. The minimum Gasteiger partial charge on any atom is -0.310 e. The van der Waals surface area contributed by atoms with Gasteiger partial charge in [-0.05, 0) is 61.4 Å². The van der Waals surface area contributed by atoms with E-state index in [1.807, 2.05) is 11.8 Å². The Morgan fingerprint density at radius 2 is 1.67 bits per heavy atom. The zero-order valence-corrected chi connectivity index (χ0v) is 14.3. The number of hydrogen-bond donors (Lipinski definition) is 1. The number of benzene rings is 2. The Labute approximate surface area is 133 Å².